The molecule has 4 heteroatoms. The van der Waals surface area contributed by atoms with Crippen molar-refractivity contribution in [2.45, 2.75) is 64.7 Å². The van der Waals surface area contributed by atoms with Crippen LogP contribution in [0.15, 0.2) is 48.6 Å². The third-order valence-electron chi connectivity index (χ3n) is 3.29. The lowest BCUT2D eigenvalue weighted by molar-refractivity contribution is 0.287. The van der Waals surface area contributed by atoms with Gasteiger partial charge in [-0.1, -0.05) is 68.4 Å². The SMILES string of the molecule is CCCCCC=CCC=CCC=CCC=CCCCOP(C)(=O)F. The fourth-order valence-corrected chi connectivity index (χ4v) is 2.44. The molecule has 0 aromatic rings. The molecule has 0 saturated heterocycles. The van der Waals surface area contributed by atoms with Crippen LogP contribution in [0.4, 0.5) is 4.20 Å². The monoisotopic (exact) mass is 356 g/mol. The van der Waals surface area contributed by atoms with Gasteiger partial charge in [-0.05, 0) is 44.9 Å². The lowest BCUT2D eigenvalue weighted by Gasteiger charge is -2.02. The predicted molar refractivity (Wildman–Crippen MR) is 104 cm³/mol. The molecule has 0 heterocycles. The average Bonchev–Trinajstić information content (AvgIpc) is 2.52. The smallest absolute Gasteiger partial charge is 0.306 e. The van der Waals surface area contributed by atoms with Crippen molar-refractivity contribution in [1.82, 2.24) is 0 Å². The molecule has 0 saturated carbocycles. The minimum Gasteiger partial charge on any atom is -0.306 e. The first-order chi connectivity index (χ1) is 11.6. The zero-order valence-electron chi connectivity index (χ0n) is 15.3. The van der Waals surface area contributed by atoms with Crippen LogP contribution < -0.4 is 0 Å². The van der Waals surface area contributed by atoms with Gasteiger partial charge in [0.2, 0.25) is 0 Å². The zero-order chi connectivity index (χ0) is 17.9. The molecule has 0 radical (unpaired) electrons. The Morgan fingerprint density at radius 3 is 1.71 bits per heavy atom. The van der Waals surface area contributed by atoms with Crippen LogP contribution in [0.1, 0.15) is 64.7 Å². The van der Waals surface area contributed by atoms with Crippen molar-refractivity contribution in [3.05, 3.63) is 48.6 Å². The molecule has 0 aliphatic rings. The molecule has 0 aliphatic carbocycles. The van der Waals surface area contributed by atoms with Gasteiger partial charge < -0.3 is 4.52 Å². The van der Waals surface area contributed by atoms with Gasteiger partial charge in [0.1, 0.15) is 0 Å². The van der Waals surface area contributed by atoms with Crippen molar-refractivity contribution in [3.63, 3.8) is 0 Å². The Bertz CT molecular complexity index is 433. The van der Waals surface area contributed by atoms with E-state index in [2.05, 4.69) is 54.0 Å². The van der Waals surface area contributed by atoms with Gasteiger partial charge in [0, 0.05) is 6.66 Å². The molecule has 0 bridgehead atoms. The second kappa shape index (κ2) is 16.9. The molecule has 1 atom stereocenters. The maximum atomic E-state index is 12.6. The van der Waals surface area contributed by atoms with Crippen molar-refractivity contribution in [1.29, 1.82) is 0 Å². The van der Waals surface area contributed by atoms with E-state index in [4.69, 9.17) is 0 Å². The van der Waals surface area contributed by atoms with Crippen LogP contribution in [0.3, 0.4) is 0 Å². The van der Waals surface area contributed by atoms with Crippen LogP contribution in [0.2, 0.25) is 0 Å². The summed E-state index contributed by atoms with van der Waals surface area (Å²) in [5.74, 6) is 0. The molecule has 24 heavy (non-hydrogen) atoms. The van der Waals surface area contributed by atoms with Crippen LogP contribution >= 0.6 is 7.68 Å². The molecular formula is C20H34FO2P. The van der Waals surface area contributed by atoms with E-state index in [0.717, 1.165) is 32.3 Å². The van der Waals surface area contributed by atoms with Crippen LogP contribution in [-0.4, -0.2) is 13.3 Å². The molecule has 1 unspecified atom stereocenters. The van der Waals surface area contributed by atoms with Crippen molar-refractivity contribution in [2.24, 2.45) is 0 Å². The van der Waals surface area contributed by atoms with Crippen LogP contribution in [0, 0.1) is 0 Å². The van der Waals surface area contributed by atoms with Crippen molar-refractivity contribution >= 4 is 7.68 Å². The number of hydrogen-bond acceptors (Lipinski definition) is 2. The number of unbranched alkanes of at least 4 members (excludes halogenated alkanes) is 4. The van der Waals surface area contributed by atoms with Gasteiger partial charge >= 0.3 is 7.68 Å². The van der Waals surface area contributed by atoms with Crippen LogP contribution in [0.5, 0.6) is 0 Å². The zero-order valence-corrected chi connectivity index (χ0v) is 16.2. The Hall–Kier alpha value is -0.920. The second-order valence-electron chi connectivity index (χ2n) is 5.81. The molecule has 0 aromatic heterocycles. The molecule has 0 spiro atoms. The van der Waals surface area contributed by atoms with E-state index in [0.29, 0.717) is 6.42 Å². The maximum Gasteiger partial charge on any atom is 0.364 e. The Kier molecular flexibility index (Phi) is 16.3. The maximum absolute atomic E-state index is 12.6. The van der Waals surface area contributed by atoms with Gasteiger partial charge in [0.25, 0.3) is 0 Å². The quantitative estimate of drug-likeness (QED) is 0.172. The molecule has 0 fully saturated rings. The van der Waals surface area contributed by atoms with Gasteiger partial charge in [-0.15, -0.1) is 0 Å². The highest BCUT2D eigenvalue weighted by Crippen LogP contribution is 2.43. The molecule has 0 amide bonds. The van der Waals surface area contributed by atoms with Gasteiger partial charge in [-0.3, -0.25) is 4.57 Å². The second-order valence-corrected chi connectivity index (χ2v) is 7.56. The minimum absolute atomic E-state index is 0.211. The molecule has 0 N–H and O–H groups in total. The van der Waals surface area contributed by atoms with Gasteiger partial charge in [-0.2, -0.15) is 4.20 Å². The molecule has 0 aromatic carbocycles. The standard InChI is InChI=1S/C20H34FO2P/c1-3-4-5-6-7-8-9-10-11-12-13-14-15-16-17-18-19-20-23-24(2,21)22/h7-8,10-11,13-14,16-17H,3-6,9,12,15,18-20H2,1-2H3. The summed E-state index contributed by atoms with van der Waals surface area (Å²) in [5, 5.41) is 0. The lowest BCUT2D eigenvalue weighted by atomic mass is 10.2. The van der Waals surface area contributed by atoms with E-state index in [-0.39, 0.29) is 6.61 Å². The highest BCUT2D eigenvalue weighted by atomic mass is 31.2. The van der Waals surface area contributed by atoms with Gasteiger partial charge in [0.15, 0.2) is 0 Å². The Morgan fingerprint density at radius 1 is 0.792 bits per heavy atom. The van der Waals surface area contributed by atoms with E-state index >= 15 is 0 Å². The predicted octanol–water partition coefficient (Wildman–Crippen LogP) is 7.55. The first kappa shape index (κ1) is 23.1. The minimum atomic E-state index is -3.80. The van der Waals surface area contributed by atoms with Crippen molar-refractivity contribution < 1.29 is 13.3 Å². The number of halogens is 1. The van der Waals surface area contributed by atoms with Gasteiger partial charge in [0.05, 0.1) is 6.61 Å². The van der Waals surface area contributed by atoms with Crippen molar-refractivity contribution in [2.75, 3.05) is 13.3 Å². The summed E-state index contributed by atoms with van der Waals surface area (Å²) >= 11 is 0. The first-order valence-electron chi connectivity index (χ1n) is 9.08. The summed E-state index contributed by atoms with van der Waals surface area (Å²) < 4.78 is 27.8. The summed E-state index contributed by atoms with van der Waals surface area (Å²) in [6, 6.07) is 0. The molecule has 0 aliphatic heterocycles. The number of rotatable bonds is 15. The topological polar surface area (TPSA) is 26.3 Å². The largest absolute Gasteiger partial charge is 0.364 e. The molecule has 138 valence electrons. The lowest BCUT2D eigenvalue weighted by Crippen LogP contribution is -1.87. The van der Waals surface area contributed by atoms with Crippen LogP contribution in [-0.2, 0) is 9.09 Å². The third-order valence-corrected chi connectivity index (χ3v) is 3.94. The summed E-state index contributed by atoms with van der Waals surface area (Å²) in [6.45, 7) is 3.43. The van der Waals surface area contributed by atoms with E-state index in [1.165, 1.54) is 25.7 Å². The summed E-state index contributed by atoms with van der Waals surface area (Å²) in [4.78, 5) is 0. The van der Waals surface area contributed by atoms with E-state index in [9.17, 15) is 8.76 Å². The van der Waals surface area contributed by atoms with E-state index < -0.39 is 7.68 Å². The molecular weight excluding hydrogens is 322 g/mol. The highest BCUT2D eigenvalue weighted by molar-refractivity contribution is 7.52. The first-order valence-corrected chi connectivity index (χ1v) is 11.0. The van der Waals surface area contributed by atoms with Crippen molar-refractivity contribution in [3.8, 4) is 0 Å². The molecule has 0 rings (SSSR count). The fourth-order valence-electron chi connectivity index (χ4n) is 1.99. The molecule has 2 nitrogen and oxygen atoms in total. The summed E-state index contributed by atoms with van der Waals surface area (Å²) in [7, 11) is -3.80. The van der Waals surface area contributed by atoms with E-state index in [1.54, 1.807) is 0 Å². The Labute approximate surface area is 148 Å². The van der Waals surface area contributed by atoms with Gasteiger partial charge in [-0.25, -0.2) is 0 Å². The fraction of sp³-hybridized carbons (Fsp3) is 0.600. The summed E-state index contributed by atoms with van der Waals surface area (Å²) in [6.07, 6.45) is 26.8. The third kappa shape index (κ3) is 21.1. The Balaban J connectivity index is 3.44. The van der Waals surface area contributed by atoms with Crippen LogP contribution in [0.25, 0.3) is 0 Å². The Morgan fingerprint density at radius 2 is 1.25 bits per heavy atom. The summed E-state index contributed by atoms with van der Waals surface area (Å²) in [5.41, 5.74) is 0. The number of hydrogen-bond donors (Lipinski definition) is 0. The van der Waals surface area contributed by atoms with E-state index in [1.807, 2.05) is 6.08 Å². The normalized spacial score (nSPS) is 15.3. The number of allylic oxidation sites excluding steroid dienone is 8. The highest BCUT2D eigenvalue weighted by Gasteiger charge is 2.10. The average molecular weight is 356 g/mol.